The molecule has 3 rings (SSSR count). The maximum absolute atomic E-state index is 12.5. The Kier molecular flexibility index (Phi) is 4.15. The number of anilines is 1. The zero-order valence-electron chi connectivity index (χ0n) is 12.5. The van der Waals surface area contributed by atoms with E-state index in [1.54, 1.807) is 7.11 Å². The molecule has 1 fully saturated rings. The number of nitrogens with one attached hydrogen (secondary N) is 2. The fourth-order valence-electron chi connectivity index (χ4n) is 2.74. The van der Waals surface area contributed by atoms with Gasteiger partial charge in [-0.25, -0.2) is 0 Å². The SMILES string of the molecule is COCCC1(C(=O)Nc2ccc(-c3nn[nH]n3)cc2)CCC1. The lowest BCUT2D eigenvalue weighted by Crippen LogP contribution is -2.42. The second kappa shape index (κ2) is 6.23. The number of nitrogens with zero attached hydrogens (tertiary/aromatic N) is 3. The first-order valence-corrected chi connectivity index (χ1v) is 7.38. The summed E-state index contributed by atoms with van der Waals surface area (Å²) >= 11 is 0. The lowest BCUT2D eigenvalue weighted by Gasteiger charge is -2.40. The summed E-state index contributed by atoms with van der Waals surface area (Å²) in [6.07, 6.45) is 3.75. The molecule has 22 heavy (non-hydrogen) atoms. The Hall–Kier alpha value is -2.28. The van der Waals surface area contributed by atoms with Crippen LogP contribution in [0, 0.1) is 5.41 Å². The topological polar surface area (TPSA) is 92.8 Å². The summed E-state index contributed by atoms with van der Waals surface area (Å²) in [7, 11) is 1.67. The minimum atomic E-state index is -0.262. The Morgan fingerprint density at radius 1 is 1.36 bits per heavy atom. The molecular formula is C15H19N5O2. The van der Waals surface area contributed by atoms with Crippen LogP contribution < -0.4 is 5.32 Å². The summed E-state index contributed by atoms with van der Waals surface area (Å²) in [5.41, 5.74) is 1.37. The molecule has 1 aromatic heterocycles. The monoisotopic (exact) mass is 301 g/mol. The highest BCUT2D eigenvalue weighted by Crippen LogP contribution is 2.44. The number of amides is 1. The van der Waals surface area contributed by atoms with Crippen molar-refractivity contribution in [1.29, 1.82) is 0 Å². The van der Waals surface area contributed by atoms with E-state index in [9.17, 15) is 4.79 Å². The van der Waals surface area contributed by atoms with Crippen LogP contribution in [0.5, 0.6) is 0 Å². The van der Waals surface area contributed by atoms with E-state index in [1.165, 1.54) is 0 Å². The number of carbonyl (C=O) groups excluding carboxylic acids is 1. The smallest absolute Gasteiger partial charge is 0.230 e. The van der Waals surface area contributed by atoms with Gasteiger partial charge in [-0.1, -0.05) is 6.42 Å². The van der Waals surface area contributed by atoms with E-state index >= 15 is 0 Å². The number of ether oxygens (including phenoxy) is 1. The van der Waals surface area contributed by atoms with Crippen LogP contribution in [-0.2, 0) is 9.53 Å². The maximum atomic E-state index is 12.5. The molecule has 1 aromatic carbocycles. The summed E-state index contributed by atoms with van der Waals surface area (Å²) in [6, 6.07) is 7.44. The second-order valence-electron chi connectivity index (χ2n) is 5.64. The largest absolute Gasteiger partial charge is 0.385 e. The van der Waals surface area contributed by atoms with Gasteiger partial charge in [-0.3, -0.25) is 4.79 Å². The number of aromatic amines is 1. The van der Waals surface area contributed by atoms with Crippen molar-refractivity contribution in [3.63, 3.8) is 0 Å². The highest BCUT2D eigenvalue weighted by atomic mass is 16.5. The molecule has 0 aliphatic heterocycles. The molecule has 1 aliphatic rings. The Labute approximate surface area is 128 Å². The summed E-state index contributed by atoms with van der Waals surface area (Å²) in [4.78, 5) is 12.5. The summed E-state index contributed by atoms with van der Waals surface area (Å²) in [5.74, 6) is 0.622. The predicted octanol–water partition coefficient (Wildman–Crippen LogP) is 2.01. The minimum Gasteiger partial charge on any atom is -0.385 e. The Morgan fingerprint density at radius 3 is 2.68 bits per heavy atom. The number of aromatic nitrogens is 4. The average Bonchev–Trinajstić information content (AvgIpc) is 3.01. The van der Waals surface area contributed by atoms with Crippen LogP contribution >= 0.6 is 0 Å². The fraction of sp³-hybridized carbons (Fsp3) is 0.467. The number of hydrogen-bond donors (Lipinski definition) is 2. The Balaban J connectivity index is 1.66. The van der Waals surface area contributed by atoms with Crippen LogP contribution in [0.25, 0.3) is 11.4 Å². The number of benzene rings is 1. The van der Waals surface area contributed by atoms with E-state index in [2.05, 4.69) is 25.9 Å². The van der Waals surface area contributed by atoms with Crippen molar-refractivity contribution in [2.24, 2.45) is 5.41 Å². The standard InChI is InChI=1S/C15H19N5O2/c1-22-10-9-15(7-2-8-15)14(21)16-12-5-3-11(4-6-12)13-17-19-20-18-13/h3-6H,2,7-10H2,1H3,(H,16,21)(H,17,18,19,20). The quantitative estimate of drug-likeness (QED) is 0.851. The number of carbonyl (C=O) groups is 1. The zero-order chi connectivity index (χ0) is 15.4. The van der Waals surface area contributed by atoms with Gasteiger partial charge in [0.25, 0.3) is 0 Å². The molecule has 0 saturated heterocycles. The van der Waals surface area contributed by atoms with E-state index in [0.29, 0.717) is 12.4 Å². The van der Waals surface area contributed by atoms with Crippen molar-refractivity contribution < 1.29 is 9.53 Å². The molecule has 7 nitrogen and oxygen atoms in total. The molecule has 0 radical (unpaired) electrons. The molecule has 1 aliphatic carbocycles. The number of tetrazole rings is 1. The third-order valence-corrected chi connectivity index (χ3v) is 4.32. The Morgan fingerprint density at radius 2 is 2.14 bits per heavy atom. The summed E-state index contributed by atoms with van der Waals surface area (Å²) in [6.45, 7) is 0.615. The first kappa shape index (κ1) is 14.6. The van der Waals surface area contributed by atoms with Gasteiger partial charge in [0.1, 0.15) is 0 Å². The van der Waals surface area contributed by atoms with Gasteiger partial charge in [-0.05, 0) is 48.7 Å². The zero-order valence-corrected chi connectivity index (χ0v) is 12.5. The van der Waals surface area contributed by atoms with Gasteiger partial charge in [-0.15, -0.1) is 10.2 Å². The molecule has 1 saturated carbocycles. The lowest BCUT2D eigenvalue weighted by molar-refractivity contribution is -0.131. The molecule has 1 heterocycles. The lowest BCUT2D eigenvalue weighted by atomic mass is 9.66. The Bertz CT molecular complexity index is 620. The van der Waals surface area contributed by atoms with Crippen LogP contribution in [0.3, 0.4) is 0 Å². The van der Waals surface area contributed by atoms with Crippen LogP contribution in [-0.4, -0.2) is 40.2 Å². The molecular weight excluding hydrogens is 282 g/mol. The molecule has 0 bridgehead atoms. The van der Waals surface area contributed by atoms with Crippen molar-refractivity contribution in [3.8, 4) is 11.4 Å². The normalized spacial score (nSPS) is 16.0. The average molecular weight is 301 g/mol. The summed E-state index contributed by atoms with van der Waals surface area (Å²) in [5, 5.41) is 16.8. The molecule has 2 N–H and O–H groups in total. The number of rotatable bonds is 6. The predicted molar refractivity (Wildman–Crippen MR) is 81.0 cm³/mol. The minimum absolute atomic E-state index is 0.0862. The van der Waals surface area contributed by atoms with Crippen molar-refractivity contribution >= 4 is 11.6 Å². The molecule has 1 amide bonds. The third-order valence-electron chi connectivity index (χ3n) is 4.32. The van der Waals surface area contributed by atoms with Gasteiger partial charge in [0.05, 0.1) is 5.41 Å². The van der Waals surface area contributed by atoms with Crippen molar-refractivity contribution in [1.82, 2.24) is 20.6 Å². The van der Waals surface area contributed by atoms with Crippen molar-refractivity contribution in [2.45, 2.75) is 25.7 Å². The first-order valence-electron chi connectivity index (χ1n) is 7.38. The second-order valence-corrected chi connectivity index (χ2v) is 5.64. The third kappa shape index (κ3) is 2.85. The van der Waals surface area contributed by atoms with Gasteiger partial charge < -0.3 is 10.1 Å². The van der Waals surface area contributed by atoms with E-state index in [1.807, 2.05) is 24.3 Å². The van der Waals surface area contributed by atoms with Gasteiger partial charge in [0.2, 0.25) is 11.7 Å². The van der Waals surface area contributed by atoms with E-state index in [4.69, 9.17) is 4.74 Å². The number of methoxy groups -OCH3 is 1. The molecule has 0 atom stereocenters. The summed E-state index contributed by atoms with van der Waals surface area (Å²) < 4.78 is 5.13. The van der Waals surface area contributed by atoms with Crippen LogP contribution in [0.2, 0.25) is 0 Å². The first-order chi connectivity index (χ1) is 10.7. The molecule has 0 spiro atoms. The van der Waals surface area contributed by atoms with Gasteiger partial charge >= 0.3 is 0 Å². The van der Waals surface area contributed by atoms with Gasteiger partial charge in [-0.2, -0.15) is 5.21 Å². The van der Waals surface area contributed by atoms with Crippen LogP contribution in [0.4, 0.5) is 5.69 Å². The van der Waals surface area contributed by atoms with Crippen LogP contribution in [0.1, 0.15) is 25.7 Å². The fourth-order valence-corrected chi connectivity index (χ4v) is 2.74. The molecule has 2 aromatic rings. The maximum Gasteiger partial charge on any atom is 0.230 e. The number of H-pyrrole nitrogens is 1. The highest BCUT2D eigenvalue weighted by Gasteiger charge is 2.43. The van der Waals surface area contributed by atoms with Crippen molar-refractivity contribution in [3.05, 3.63) is 24.3 Å². The van der Waals surface area contributed by atoms with E-state index < -0.39 is 0 Å². The molecule has 0 unspecified atom stereocenters. The molecule has 7 heteroatoms. The number of hydrogen-bond acceptors (Lipinski definition) is 5. The highest BCUT2D eigenvalue weighted by molar-refractivity contribution is 5.96. The van der Waals surface area contributed by atoms with E-state index in [-0.39, 0.29) is 11.3 Å². The van der Waals surface area contributed by atoms with Crippen LogP contribution in [0.15, 0.2) is 24.3 Å². The van der Waals surface area contributed by atoms with Crippen molar-refractivity contribution in [2.75, 3.05) is 19.0 Å². The molecule has 116 valence electrons. The van der Waals surface area contributed by atoms with Gasteiger partial charge in [0.15, 0.2) is 0 Å². The van der Waals surface area contributed by atoms with Gasteiger partial charge in [0, 0.05) is 25.0 Å². The van der Waals surface area contributed by atoms with E-state index in [0.717, 1.165) is 36.9 Å².